The summed E-state index contributed by atoms with van der Waals surface area (Å²) in [6.07, 6.45) is 8.01. The predicted octanol–water partition coefficient (Wildman–Crippen LogP) is 5.34. The number of thioether (sulfide) groups is 1. The Labute approximate surface area is 174 Å². The molecule has 1 saturated heterocycles. The SMILES string of the molecule is C=C(C)C1CSC2=C(C3CC3)C(Cc3cccc(N)c3/C=C\BC)=CC(=C)N21. The molecule has 2 heterocycles. The minimum Gasteiger partial charge on any atom is -0.398 e. The second kappa shape index (κ2) is 7.75. The van der Waals surface area contributed by atoms with Gasteiger partial charge in [0.2, 0.25) is 0 Å². The van der Waals surface area contributed by atoms with Crippen LogP contribution in [-0.2, 0) is 6.42 Å². The lowest BCUT2D eigenvalue weighted by atomic mass is 9.81. The van der Waals surface area contributed by atoms with Gasteiger partial charge in [0.15, 0.2) is 0 Å². The van der Waals surface area contributed by atoms with Crippen LogP contribution < -0.4 is 5.73 Å². The van der Waals surface area contributed by atoms with Gasteiger partial charge in [0, 0.05) is 17.1 Å². The van der Waals surface area contributed by atoms with Gasteiger partial charge in [-0.25, -0.2) is 0 Å². The predicted molar refractivity (Wildman–Crippen MR) is 126 cm³/mol. The molecule has 4 rings (SSSR count). The minimum absolute atomic E-state index is 0.370. The lowest BCUT2D eigenvalue weighted by Gasteiger charge is -2.34. The summed E-state index contributed by atoms with van der Waals surface area (Å²) < 4.78 is 0. The molecule has 1 aliphatic carbocycles. The van der Waals surface area contributed by atoms with Crippen molar-refractivity contribution >= 4 is 30.8 Å². The Hall–Kier alpha value is -2.07. The van der Waals surface area contributed by atoms with E-state index in [0.29, 0.717) is 12.0 Å². The second-order valence-corrected chi connectivity index (χ2v) is 9.11. The molecule has 0 amide bonds. The van der Waals surface area contributed by atoms with Crippen molar-refractivity contribution in [2.75, 3.05) is 11.5 Å². The van der Waals surface area contributed by atoms with Crippen LogP contribution in [-0.4, -0.2) is 24.0 Å². The standard InChI is InChI=1S/C24H29BN2S/c1-15(2)22-14-28-24-23(17-8-9-17)19(12-16(3)27(22)24)13-18-6-5-7-21(26)20(18)10-11-25-4/h5-7,10-12,17,22,25H,1,3,8-9,13-14,26H2,2,4H3/b11-10-. The lowest BCUT2D eigenvalue weighted by molar-refractivity contribution is 0.416. The molecular weight excluding hydrogens is 359 g/mol. The Morgan fingerprint density at radius 1 is 1.39 bits per heavy atom. The summed E-state index contributed by atoms with van der Waals surface area (Å²) in [6, 6.07) is 6.66. The zero-order valence-electron chi connectivity index (χ0n) is 17.0. The van der Waals surface area contributed by atoms with Crippen molar-refractivity contribution in [3.63, 3.8) is 0 Å². The Kier molecular flexibility index (Phi) is 5.33. The number of benzene rings is 1. The summed E-state index contributed by atoms with van der Waals surface area (Å²) >= 11 is 1.98. The zero-order chi connectivity index (χ0) is 19.8. The van der Waals surface area contributed by atoms with Crippen LogP contribution in [0.4, 0.5) is 5.69 Å². The van der Waals surface area contributed by atoms with E-state index in [9.17, 15) is 0 Å². The molecule has 0 spiro atoms. The number of anilines is 1. The maximum atomic E-state index is 6.32. The van der Waals surface area contributed by atoms with E-state index in [2.05, 4.69) is 62.1 Å². The molecule has 2 fully saturated rings. The van der Waals surface area contributed by atoms with Gasteiger partial charge in [-0.1, -0.05) is 43.8 Å². The number of nitrogens with two attached hydrogens (primary N) is 1. The fraction of sp³-hybridized carbons (Fsp3) is 0.333. The first kappa shape index (κ1) is 19.3. The van der Waals surface area contributed by atoms with Crippen LogP contribution in [0.1, 0.15) is 30.9 Å². The molecule has 0 radical (unpaired) electrons. The Bertz CT molecular complexity index is 921. The van der Waals surface area contributed by atoms with E-state index >= 15 is 0 Å². The molecule has 28 heavy (non-hydrogen) atoms. The van der Waals surface area contributed by atoms with E-state index in [1.54, 1.807) is 5.57 Å². The molecule has 3 aliphatic rings. The van der Waals surface area contributed by atoms with Crippen molar-refractivity contribution in [3.8, 4) is 0 Å². The number of rotatable bonds is 6. The van der Waals surface area contributed by atoms with Crippen LogP contribution in [0.15, 0.2) is 70.9 Å². The number of allylic oxidation sites excluding steroid dienone is 3. The van der Waals surface area contributed by atoms with Gasteiger partial charge in [0.1, 0.15) is 7.28 Å². The van der Waals surface area contributed by atoms with Gasteiger partial charge in [-0.3, -0.25) is 0 Å². The van der Waals surface area contributed by atoms with Gasteiger partial charge in [0.25, 0.3) is 0 Å². The third-order valence-electron chi connectivity index (χ3n) is 5.82. The molecular formula is C24H29BN2S. The van der Waals surface area contributed by atoms with Crippen molar-refractivity contribution in [1.29, 1.82) is 0 Å². The zero-order valence-corrected chi connectivity index (χ0v) is 17.8. The van der Waals surface area contributed by atoms with Gasteiger partial charge < -0.3 is 10.6 Å². The number of nitrogens with zero attached hydrogens (tertiary/aromatic N) is 1. The van der Waals surface area contributed by atoms with Crippen molar-refractivity contribution < 1.29 is 0 Å². The topological polar surface area (TPSA) is 29.3 Å². The van der Waals surface area contributed by atoms with Crippen molar-refractivity contribution in [1.82, 2.24) is 4.90 Å². The maximum Gasteiger partial charge on any atom is 0.144 e. The van der Waals surface area contributed by atoms with Crippen molar-refractivity contribution in [2.45, 2.75) is 39.1 Å². The normalized spacial score (nSPS) is 21.9. The van der Waals surface area contributed by atoms with Crippen LogP contribution >= 0.6 is 11.8 Å². The van der Waals surface area contributed by atoms with E-state index in [-0.39, 0.29) is 0 Å². The van der Waals surface area contributed by atoms with E-state index in [1.165, 1.54) is 34.6 Å². The average molecular weight is 388 g/mol. The highest BCUT2D eigenvalue weighted by atomic mass is 32.2. The van der Waals surface area contributed by atoms with Crippen LogP contribution in [0.2, 0.25) is 6.82 Å². The number of fused-ring (bicyclic) bond motifs is 1. The summed E-state index contributed by atoms with van der Waals surface area (Å²) in [5.74, 6) is 3.96. The first-order valence-corrected chi connectivity index (χ1v) is 11.2. The molecule has 0 aromatic heterocycles. The highest BCUT2D eigenvalue weighted by Gasteiger charge is 2.41. The Balaban J connectivity index is 1.73. The third kappa shape index (κ3) is 3.50. The first-order valence-electron chi connectivity index (χ1n) is 10.3. The largest absolute Gasteiger partial charge is 0.398 e. The fourth-order valence-electron chi connectivity index (χ4n) is 4.22. The summed E-state index contributed by atoms with van der Waals surface area (Å²) in [5.41, 5.74) is 14.9. The average Bonchev–Trinajstić information content (AvgIpc) is 3.38. The first-order chi connectivity index (χ1) is 13.5. The molecule has 1 unspecified atom stereocenters. The molecule has 1 aromatic carbocycles. The van der Waals surface area contributed by atoms with E-state index in [1.807, 2.05) is 17.8 Å². The third-order valence-corrected chi connectivity index (χ3v) is 6.99. The summed E-state index contributed by atoms with van der Waals surface area (Å²) in [7, 11) is 1.01. The van der Waals surface area contributed by atoms with Gasteiger partial charge in [0.05, 0.1) is 11.1 Å². The number of nitrogen functional groups attached to an aromatic ring is 1. The monoisotopic (exact) mass is 388 g/mol. The van der Waals surface area contributed by atoms with Gasteiger partial charge in [-0.05, 0) is 66.5 Å². The van der Waals surface area contributed by atoms with Gasteiger partial charge in [-0.15, -0.1) is 17.7 Å². The Morgan fingerprint density at radius 3 is 2.86 bits per heavy atom. The van der Waals surface area contributed by atoms with E-state index < -0.39 is 0 Å². The van der Waals surface area contributed by atoms with Crippen molar-refractivity contribution in [2.24, 2.45) is 5.92 Å². The van der Waals surface area contributed by atoms with Gasteiger partial charge >= 0.3 is 0 Å². The van der Waals surface area contributed by atoms with Crippen LogP contribution in [0, 0.1) is 5.92 Å². The molecule has 0 bridgehead atoms. The smallest absolute Gasteiger partial charge is 0.144 e. The highest BCUT2D eigenvalue weighted by Crippen LogP contribution is 2.52. The molecule has 2 N–H and O–H groups in total. The molecule has 144 valence electrons. The molecule has 1 atom stereocenters. The molecule has 4 heteroatoms. The quantitative estimate of drug-likeness (QED) is 0.405. The fourth-order valence-corrected chi connectivity index (χ4v) is 5.80. The maximum absolute atomic E-state index is 6.32. The van der Waals surface area contributed by atoms with Gasteiger partial charge in [-0.2, -0.15) is 0 Å². The molecule has 1 saturated carbocycles. The number of hydrogen-bond donors (Lipinski definition) is 1. The van der Waals surface area contributed by atoms with Crippen LogP contribution in [0.25, 0.3) is 6.08 Å². The van der Waals surface area contributed by atoms with Crippen molar-refractivity contribution in [3.05, 3.63) is 82.0 Å². The van der Waals surface area contributed by atoms with Crippen LogP contribution in [0.5, 0.6) is 0 Å². The second-order valence-electron chi connectivity index (χ2n) is 8.10. The number of hydrogen-bond acceptors (Lipinski definition) is 3. The van der Waals surface area contributed by atoms with E-state index in [0.717, 1.165) is 36.4 Å². The van der Waals surface area contributed by atoms with E-state index in [4.69, 9.17) is 5.73 Å². The Morgan fingerprint density at radius 2 is 2.18 bits per heavy atom. The molecule has 2 aliphatic heterocycles. The summed E-state index contributed by atoms with van der Waals surface area (Å²) in [5, 5.41) is 1.42. The lowest BCUT2D eigenvalue weighted by Crippen LogP contribution is -2.32. The minimum atomic E-state index is 0.370. The van der Waals surface area contributed by atoms with Crippen LogP contribution in [0.3, 0.4) is 0 Å². The molecule has 2 nitrogen and oxygen atoms in total. The summed E-state index contributed by atoms with van der Waals surface area (Å²) in [6.45, 7) is 12.9. The molecule has 1 aromatic rings. The summed E-state index contributed by atoms with van der Waals surface area (Å²) in [4.78, 5) is 2.43. The highest BCUT2D eigenvalue weighted by molar-refractivity contribution is 8.03.